The first-order valence-corrected chi connectivity index (χ1v) is 8.13. The number of imidazole rings is 1. The van der Waals surface area contributed by atoms with Crippen molar-refractivity contribution in [3.05, 3.63) is 90.0 Å². The highest BCUT2D eigenvalue weighted by atomic mass is 15.2. The molecule has 23 heavy (non-hydrogen) atoms. The average Bonchev–Trinajstić information content (AvgIpc) is 3.05. The van der Waals surface area contributed by atoms with E-state index in [4.69, 9.17) is 0 Å². The van der Waals surface area contributed by atoms with Crippen molar-refractivity contribution in [2.24, 2.45) is 0 Å². The van der Waals surface area contributed by atoms with Gasteiger partial charge in [-0.05, 0) is 18.2 Å². The van der Waals surface area contributed by atoms with Crippen LogP contribution in [0.5, 0.6) is 0 Å². The third-order valence-electron chi connectivity index (χ3n) is 4.72. The van der Waals surface area contributed by atoms with Crippen LogP contribution in [0, 0.1) is 0 Å². The first kappa shape index (κ1) is 14.2. The Hall–Kier alpha value is -2.39. The second-order valence-electron chi connectivity index (χ2n) is 6.31. The predicted octanol–water partition coefficient (Wildman–Crippen LogP) is 3.70. The molecule has 0 bridgehead atoms. The van der Waals surface area contributed by atoms with Gasteiger partial charge in [0.25, 0.3) is 0 Å². The smallest absolute Gasteiger partial charge is 0.123 e. The highest BCUT2D eigenvalue weighted by Crippen LogP contribution is 2.38. The molecule has 0 radical (unpaired) electrons. The first-order valence-electron chi connectivity index (χ1n) is 8.13. The van der Waals surface area contributed by atoms with Gasteiger partial charge in [0.1, 0.15) is 5.82 Å². The van der Waals surface area contributed by atoms with E-state index in [0.29, 0.717) is 12.0 Å². The molecule has 1 unspecified atom stereocenters. The van der Waals surface area contributed by atoms with Crippen molar-refractivity contribution in [2.75, 3.05) is 13.6 Å². The summed E-state index contributed by atoms with van der Waals surface area (Å²) < 4.78 is 2.37. The van der Waals surface area contributed by atoms with E-state index < -0.39 is 0 Å². The van der Waals surface area contributed by atoms with Gasteiger partial charge in [-0.1, -0.05) is 60.7 Å². The number of fused-ring (bicyclic) bond motifs is 1. The molecular weight excluding hydrogens is 282 g/mol. The first-order chi connectivity index (χ1) is 11.3. The van der Waals surface area contributed by atoms with Crippen molar-refractivity contribution >= 4 is 0 Å². The van der Waals surface area contributed by atoms with Crippen LogP contribution in [0.1, 0.15) is 28.9 Å². The molecular formula is C20H21N3. The Labute approximate surface area is 137 Å². The van der Waals surface area contributed by atoms with Crippen LogP contribution in [0.4, 0.5) is 0 Å². The molecule has 0 saturated carbocycles. The van der Waals surface area contributed by atoms with E-state index in [1.54, 1.807) is 0 Å². The van der Waals surface area contributed by atoms with Crippen LogP contribution < -0.4 is 0 Å². The summed E-state index contributed by atoms with van der Waals surface area (Å²) in [4.78, 5) is 6.92. The van der Waals surface area contributed by atoms with Crippen molar-refractivity contribution in [1.82, 2.24) is 14.5 Å². The fraction of sp³-hybridized carbons (Fsp3) is 0.250. The quantitative estimate of drug-likeness (QED) is 0.735. The lowest BCUT2D eigenvalue weighted by Crippen LogP contribution is -2.37. The lowest BCUT2D eigenvalue weighted by atomic mass is 9.84. The molecule has 0 amide bonds. The number of hydrogen-bond donors (Lipinski definition) is 0. The molecule has 3 aromatic rings. The average molecular weight is 303 g/mol. The molecule has 1 aliphatic heterocycles. The second kappa shape index (κ2) is 6.01. The SMILES string of the molecule is CN1Cc2nccn2C(C(c2ccccc2)c2ccccc2)C1. The molecule has 0 saturated heterocycles. The highest BCUT2D eigenvalue weighted by molar-refractivity contribution is 5.34. The van der Waals surface area contributed by atoms with Crippen molar-refractivity contribution < 1.29 is 0 Å². The van der Waals surface area contributed by atoms with Gasteiger partial charge in [0, 0.05) is 24.9 Å². The predicted molar refractivity (Wildman–Crippen MR) is 92.3 cm³/mol. The van der Waals surface area contributed by atoms with Gasteiger partial charge in [-0.2, -0.15) is 0 Å². The monoisotopic (exact) mass is 303 g/mol. The number of likely N-dealkylation sites (N-methyl/N-ethyl adjacent to an activating group) is 1. The maximum atomic E-state index is 4.55. The molecule has 2 heterocycles. The number of rotatable bonds is 3. The summed E-state index contributed by atoms with van der Waals surface area (Å²) in [5.74, 6) is 1.48. The molecule has 116 valence electrons. The van der Waals surface area contributed by atoms with Crippen molar-refractivity contribution in [3.8, 4) is 0 Å². The summed E-state index contributed by atoms with van der Waals surface area (Å²) >= 11 is 0. The van der Waals surface area contributed by atoms with E-state index >= 15 is 0 Å². The maximum absolute atomic E-state index is 4.55. The van der Waals surface area contributed by atoms with Gasteiger partial charge >= 0.3 is 0 Å². The van der Waals surface area contributed by atoms with Crippen LogP contribution >= 0.6 is 0 Å². The van der Waals surface area contributed by atoms with Gasteiger partial charge in [-0.25, -0.2) is 4.98 Å². The molecule has 1 atom stereocenters. The van der Waals surface area contributed by atoms with Gasteiger partial charge in [0.15, 0.2) is 0 Å². The third-order valence-corrected chi connectivity index (χ3v) is 4.72. The maximum Gasteiger partial charge on any atom is 0.123 e. The van der Waals surface area contributed by atoms with Crippen molar-refractivity contribution in [2.45, 2.75) is 18.5 Å². The molecule has 1 aliphatic rings. The molecule has 4 rings (SSSR count). The van der Waals surface area contributed by atoms with Gasteiger partial charge in [-0.15, -0.1) is 0 Å². The minimum absolute atomic E-state index is 0.327. The molecule has 0 spiro atoms. The number of aromatic nitrogens is 2. The zero-order chi connectivity index (χ0) is 15.6. The largest absolute Gasteiger partial charge is 0.329 e. The number of nitrogens with zero attached hydrogens (tertiary/aromatic N) is 3. The highest BCUT2D eigenvalue weighted by Gasteiger charge is 2.32. The molecule has 3 nitrogen and oxygen atoms in total. The van der Waals surface area contributed by atoms with E-state index in [9.17, 15) is 0 Å². The Morgan fingerprint density at radius 2 is 1.57 bits per heavy atom. The molecule has 1 aromatic heterocycles. The second-order valence-corrected chi connectivity index (χ2v) is 6.31. The topological polar surface area (TPSA) is 21.1 Å². The van der Waals surface area contributed by atoms with E-state index in [0.717, 1.165) is 18.9 Å². The lowest BCUT2D eigenvalue weighted by molar-refractivity contribution is 0.206. The molecule has 3 heteroatoms. The zero-order valence-electron chi connectivity index (χ0n) is 13.3. The van der Waals surface area contributed by atoms with Gasteiger partial charge < -0.3 is 4.57 Å². The fourth-order valence-corrected chi connectivity index (χ4v) is 3.71. The van der Waals surface area contributed by atoms with Crippen LogP contribution in [0.3, 0.4) is 0 Å². The standard InChI is InChI=1S/C20H21N3/c1-22-14-18(23-13-12-21-19(23)15-22)20(16-8-4-2-5-9-16)17-10-6-3-7-11-17/h2-13,18,20H,14-15H2,1H3. The van der Waals surface area contributed by atoms with Gasteiger partial charge in [-0.3, -0.25) is 4.90 Å². The van der Waals surface area contributed by atoms with E-state index in [1.807, 2.05) is 6.20 Å². The Morgan fingerprint density at radius 1 is 0.957 bits per heavy atom. The van der Waals surface area contributed by atoms with E-state index in [2.05, 4.69) is 88.4 Å². The Balaban J connectivity index is 1.84. The van der Waals surface area contributed by atoms with E-state index in [1.165, 1.54) is 11.1 Å². The molecule has 0 fully saturated rings. The fourth-order valence-electron chi connectivity index (χ4n) is 3.71. The van der Waals surface area contributed by atoms with Crippen LogP contribution in [0.25, 0.3) is 0 Å². The molecule has 2 aromatic carbocycles. The Bertz CT molecular complexity index is 724. The zero-order valence-corrected chi connectivity index (χ0v) is 13.3. The van der Waals surface area contributed by atoms with Crippen molar-refractivity contribution in [1.29, 1.82) is 0 Å². The van der Waals surface area contributed by atoms with Crippen LogP contribution in [-0.4, -0.2) is 28.0 Å². The van der Waals surface area contributed by atoms with Crippen molar-refractivity contribution in [3.63, 3.8) is 0 Å². The third kappa shape index (κ3) is 2.68. The van der Waals surface area contributed by atoms with Crippen LogP contribution in [0.15, 0.2) is 73.1 Å². The number of hydrogen-bond acceptors (Lipinski definition) is 2. The summed E-state index contributed by atoms with van der Waals surface area (Å²) in [6, 6.07) is 22.0. The van der Waals surface area contributed by atoms with Gasteiger partial charge in [0.05, 0.1) is 12.6 Å². The van der Waals surface area contributed by atoms with Gasteiger partial charge in [0.2, 0.25) is 0 Å². The normalized spacial score (nSPS) is 18.1. The summed E-state index contributed by atoms with van der Waals surface area (Å²) in [6.45, 7) is 1.94. The summed E-state index contributed by atoms with van der Waals surface area (Å²) in [6.07, 6.45) is 4.06. The summed E-state index contributed by atoms with van der Waals surface area (Å²) in [5, 5.41) is 0. The Morgan fingerprint density at radius 3 is 2.17 bits per heavy atom. The van der Waals surface area contributed by atoms with Crippen LogP contribution in [0.2, 0.25) is 0 Å². The minimum atomic E-state index is 0.327. The minimum Gasteiger partial charge on any atom is -0.329 e. The summed E-state index contributed by atoms with van der Waals surface area (Å²) in [7, 11) is 2.18. The lowest BCUT2D eigenvalue weighted by Gasteiger charge is -2.37. The summed E-state index contributed by atoms with van der Waals surface area (Å²) in [5.41, 5.74) is 2.72. The number of benzene rings is 2. The van der Waals surface area contributed by atoms with Crippen LogP contribution in [-0.2, 0) is 6.54 Å². The van der Waals surface area contributed by atoms with E-state index in [-0.39, 0.29) is 0 Å². The molecule has 0 N–H and O–H groups in total. The molecule has 0 aliphatic carbocycles. The Kier molecular flexibility index (Phi) is 3.72.